The predicted molar refractivity (Wildman–Crippen MR) is 113 cm³/mol. The van der Waals surface area contributed by atoms with Crippen molar-refractivity contribution in [2.24, 2.45) is 4.99 Å². The van der Waals surface area contributed by atoms with Crippen molar-refractivity contribution in [3.05, 3.63) is 71.8 Å². The van der Waals surface area contributed by atoms with E-state index in [9.17, 15) is 14.0 Å². The third kappa shape index (κ3) is 2.89. The molecule has 8 nitrogen and oxygen atoms in total. The number of rotatable bonds is 4. The molecule has 0 radical (unpaired) electrons. The molecule has 5 rings (SSSR count). The van der Waals surface area contributed by atoms with Crippen molar-refractivity contribution in [1.29, 1.82) is 0 Å². The summed E-state index contributed by atoms with van der Waals surface area (Å²) < 4.78 is 23.7. The van der Waals surface area contributed by atoms with Gasteiger partial charge in [-0.15, -0.1) is 0 Å². The molecule has 0 spiro atoms. The highest BCUT2D eigenvalue weighted by atomic mass is 19.1. The third-order valence-electron chi connectivity index (χ3n) is 5.78. The van der Waals surface area contributed by atoms with Gasteiger partial charge in [0.05, 0.1) is 0 Å². The average Bonchev–Trinajstić information content (AvgIpc) is 3.30. The van der Waals surface area contributed by atoms with Crippen molar-refractivity contribution in [1.82, 2.24) is 14.4 Å². The molecule has 0 aliphatic carbocycles. The second kappa shape index (κ2) is 7.30. The van der Waals surface area contributed by atoms with Gasteiger partial charge in [-0.3, -0.25) is 14.6 Å². The number of aliphatic imine (C=N–C) groups is 1. The number of aromatic nitrogens is 2. The number of hydrogen-bond donors (Lipinski definition) is 0. The number of benzene rings is 2. The smallest absolute Gasteiger partial charge is 0.407 e. The lowest BCUT2D eigenvalue weighted by atomic mass is 10.2. The van der Waals surface area contributed by atoms with Crippen molar-refractivity contribution in [2.75, 3.05) is 14.1 Å². The number of carbonyl (C=O) groups excluding carboxylic acids is 2. The predicted octanol–water partition coefficient (Wildman–Crippen LogP) is 2.90. The zero-order valence-electron chi connectivity index (χ0n) is 17.8. The standard InChI is InChI=1S/C23H21FN5O3/c1-14-12-28-19-20(26(2)23(31)27(3)21(19)30)25-22(28)29(14)17-10-6-7-11-18(17)32-13-15-8-4-5-9-16(15)24/h4-12,19H,13H2,1-3H3/q+1. The fourth-order valence-corrected chi connectivity index (χ4v) is 4.10. The van der Waals surface area contributed by atoms with E-state index in [0.29, 0.717) is 28.8 Å². The van der Waals surface area contributed by atoms with Crippen LogP contribution in [-0.2, 0) is 11.4 Å². The molecular formula is C23H21FN5O3+. The summed E-state index contributed by atoms with van der Waals surface area (Å²) in [4.78, 5) is 32.3. The SMILES string of the molecule is Cc1c[n+]2c(n1-c1ccccc1OCc1ccccc1F)N=C1C2C(=O)N(C)C(=O)N1C. The minimum absolute atomic E-state index is 0.0665. The number of amides is 3. The third-order valence-corrected chi connectivity index (χ3v) is 5.78. The van der Waals surface area contributed by atoms with Gasteiger partial charge < -0.3 is 4.74 Å². The number of carbonyl (C=O) groups is 2. The molecule has 3 heterocycles. The first-order valence-corrected chi connectivity index (χ1v) is 10.1. The maximum absolute atomic E-state index is 14.0. The van der Waals surface area contributed by atoms with E-state index in [1.165, 1.54) is 18.0 Å². The van der Waals surface area contributed by atoms with E-state index >= 15 is 0 Å². The van der Waals surface area contributed by atoms with Crippen LogP contribution in [0.4, 0.5) is 15.1 Å². The monoisotopic (exact) mass is 434 g/mol. The maximum Gasteiger partial charge on any atom is 0.407 e. The lowest BCUT2D eigenvalue weighted by molar-refractivity contribution is -0.676. The number of halogens is 1. The highest BCUT2D eigenvalue weighted by molar-refractivity contribution is 6.18. The summed E-state index contributed by atoms with van der Waals surface area (Å²) in [5.74, 6) is 0.765. The van der Waals surface area contributed by atoms with E-state index < -0.39 is 12.1 Å². The van der Waals surface area contributed by atoms with E-state index in [2.05, 4.69) is 4.99 Å². The number of likely N-dealkylation sites (N-methyl/N-ethyl adjacent to an activating group) is 2. The number of imidazole rings is 1. The molecule has 1 atom stereocenters. The quantitative estimate of drug-likeness (QED) is 0.593. The number of nitrogens with zero attached hydrogens (tertiary/aromatic N) is 5. The zero-order valence-corrected chi connectivity index (χ0v) is 17.8. The zero-order chi connectivity index (χ0) is 22.6. The maximum atomic E-state index is 14.0. The molecule has 0 N–H and O–H groups in total. The highest BCUT2D eigenvalue weighted by Gasteiger charge is 2.52. The lowest BCUT2D eigenvalue weighted by Crippen LogP contribution is -2.61. The van der Waals surface area contributed by atoms with Gasteiger partial charge in [0.15, 0.2) is 5.75 Å². The summed E-state index contributed by atoms with van der Waals surface area (Å²) >= 11 is 0. The number of ether oxygens (including phenoxy) is 1. The van der Waals surface area contributed by atoms with Crippen molar-refractivity contribution < 1.29 is 23.3 Å². The Morgan fingerprint density at radius 1 is 1.06 bits per heavy atom. The van der Waals surface area contributed by atoms with Gasteiger partial charge in [-0.2, -0.15) is 4.57 Å². The van der Waals surface area contributed by atoms with Crippen LogP contribution < -0.4 is 9.30 Å². The van der Waals surface area contributed by atoms with Crippen molar-refractivity contribution >= 4 is 23.7 Å². The number of para-hydroxylation sites is 2. The highest BCUT2D eigenvalue weighted by Crippen LogP contribution is 2.34. The Labute approximate surface area is 183 Å². The van der Waals surface area contributed by atoms with Crippen LogP contribution in [0.1, 0.15) is 17.3 Å². The molecule has 162 valence electrons. The molecular weight excluding hydrogens is 413 g/mol. The van der Waals surface area contributed by atoms with Gasteiger partial charge in [0.2, 0.25) is 11.9 Å². The minimum atomic E-state index is -0.704. The number of imide groups is 1. The molecule has 1 unspecified atom stereocenters. The summed E-state index contributed by atoms with van der Waals surface area (Å²) in [6.45, 7) is 1.97. The summed E-state index contributed by atoms with van der Waals surface area (Å²) in [5.41, 5.74) is 1.98. The number of hydrogen-bond acceptors (Lipinski definition) is 4. The molecule has 1 fully saturated rings. The van der Waals surface area contributed by atoms with Crippen LogP contribution in [0, 0.1) is 12.7 Å². The molecule has 1 aromatic heterocycles. The summed E-state index contributed by atoms with van der Waals surface area (Å²) in [5, 5.41) is 0. The van der Waals surface area contributed by atoms with Gasteiger partial charge in [-0.25, -0.2) is 13.8 Å². The Bertz CT molecular complexity index is 1300. The van der Waals surface area contributed by atoms with Crippen molar-refractivity contribution in [2.45, 2.75) is 19.6 Å². The fraction of sp³-hybridized carbons (Fsp3) is 0.217. The van der Waals surface area contributed by atoms with Crippen molar-refractivity contribution in [3.8, 4) is 11.4 Å². The Morgan fingerprint density at radius 2 is 1.78 bits per heavy atom. The van der Waals surface area contributed by atoms with Crippen LogP contribution in [0.15, 0.2) is 59.7 Å². The molecule has 2 aliphatic heterocycles. The first-order chi connectivity index (χ1) is 15.4. The van der Waals surface area contributed by atoms with E-state index in [0.717, 1.165) is 10.6 Å². The molecule has 0 bridgehead atoms. The van der Waals surface area contributed by atoms with Gasteiger partial charge in [-0.05, 0) is 25.1 Å². The molecule has 3 amide bonds. The Hall–Kier alpha value is -4.01. The van der Waals surface area contributed by atoms with Crippen LogP contribution in [0.2, 0.25) is 0 Å². The molecule has 3 aromatic rings. The number of urea groups is 1. The molecule has 1 saturated heterocycles. The second-order valence-electron chi connectivity index (χ2n) is 7.77. The van der Waals surface area contributed by atoms with Gasteiger partial charge in [0.25, 0.3) is 5.91 Å². The van der Waals surface area contributed by atoms with E-state index in [-0.39, 0.29) is 18.3 Å². The van der Waals surface area contributed by atoms with Gasteiger partial charge >= 0.3 is 12.0 Å². The molecule has 0 saturated carbocycles. The first-order valence-electron chi connectivity index (χ1n) is 10.1. The van der Waals surface area contributed by atoms with E-state index in [1.54, 1.807) is 35.9 Å². The largest absolute Gasteiger partial charge is 0.485 e. The van der Waals surface area contributed by atoms with Crippen LogP contribution in [0.3, 0.4) is 0 Å². The van der Waals surface area contributed by atoms with E-state index in [1.807, 2.05) is 35.9 Å². The summed E-state index contributed by atoms with van der Waals surface area (Å²) in [7, 11) is 3.07. The Balaban J connectivity index is 1.57. The average molecular weight is 434 g/mol. The first kappa shape index (κ1) is 19.9. The fourth-order valence-electron chi connectivity index (χ4n) is 4.10. The van der Waals surface area contributed by atoms with Gasteiger partial charge in [0, 0.05) is 19.7 Å². The molecule has 32 heavy (non-hydrogen) atoms. The Kier molecular flexibility index (Phi) is 4.54. The van der Waals surface area contributed by atoms with Crippen LogP contribution in [-0.4, -0.2) is 46.2 Å². The topological polar surface area (TPSA) is 71.0 Å². The van der Waals surface area contributed by atoms with Crippen LogP contribution in [0.25, 0.3) is 5.69 Å². The summed E-state index contributed by atoms with van der Waals surface area (Å²) in [6.07, 6.45) is 1.83. The molecule has 9 heteroatoms. The molecule has 2 aliphatic rings. The van der Waals surface area contributed by atoms with Crippen LogP contribution in [0.5, 0.6) is 5.75 Å². The lowest BCUT2D eigenvalue weighted by Gasteiger charge is -2.30. The number of fused-ring (bicyclic) bond motifs is 3. The normalized spacial score (nSPS) is 17.4. The Morgan fingerprint density at radius 3 is 2.56 bits per heavy atom. The number of amidine groups is 1. The minimum Gasteiger partial charge on any atom is -0.485 e. The molecule has 2 aromatic carbocycles. The van der Waals surface area contributed by atoms with Gasteiger partial charge in [-0.1, -0.05) is 35.3 Å². The van der Waals surface area contributed by atoms with E-state index in [4.69, 9.17) is 4.74 Å². The van der Waals surface area contributed by atoms with Gasteiger partial charge in [0.1, 0.15) is 30.0 Å². The second-order valence-corrected chi connectivity index (χ2v) is 7.77. The number of aryl methyl sites for hydroxylation is 1. The summed E-state index contributed by atoms with van der Waals surface area (Å²) in [6, 6.07) is 12.7. The van der Waals surface area contributed by atoms with Crippen LogP contribution >= 0.6 is 0 Å². The van der Waals surface area contributed by atoms with Crippen molar-refractivity contribution in [3.63, 3.8) is 0 Å².